The van der Waals surface area contributed by atoms with Crippen LogP contribution in [0.3, 0.4) is 0 Å². The van der Waals surface area contributed by atoms with E-state index in [2.05, 4.69) is 0 Å². The molecule has 0 spiro atoms. The molecule has 0 aromatic heterocycles. The zero-order valence-electron chi connectivity index (χ0n) is 17.1. The van der Waals surface area contributed by atoms with E-state index >= 15 is 0 Å². The number of carbonyl (C=O) groups is 3. The van der Waals surface area contributed by atoms with E-state index in [0.717, 1.165) is 4.90 Å². The Kier molecular flexibility index (Phi) is 6.42. The van der Waals surface area contributed by atoms with Gasteiger partial charge in [0, 0.05) is 13.0 Å². The smallest absolute Gasteiger partial charge is 0.257 e. The second kappa shape index (κ2) is 8.86. The van der Waals surface area contributed by atoms with Gasteiger partial charge in [-0.1, -0.05) is 19.1 Å². The summed E-state index contributed by atoms with van der Waals surface area (Å²) in [7, 11) is -2.32. The van der Waals surface area contributed by atoms with E-state index in [0.29, 0.717) is 17.0 Å². The molecule has 3 rings (SSSR count). The van der Waals surface area contributed by atoms with Crippen molar-refractivity contribution in [2.75, 3.05) is 12.0 Å². The third-order valence-electron chi connectivity index (χ3n) is 5.06. The number of sulfonamides is 1. The van der Waals surface area contributed by atoms with Crippen molar-refractivity contribution in [2.45, 2.75) is 37.2 Å². The average molecular weight is 445 g/mol. The first kappa shape index (κ1) is 22.4. The van der Waals surface area contributed by atoms with Gasteiger partial charge in [-0.05, 0) is 42.0 Å². The lowest BCUT2D eigenvalue weighted by molar-refractivity contribution is -0.138. The molecule has 10 heteroatoms. The number of amides is 3. The predicted octanol–water partition coefficient (Wildman–Crippen LogP) is 1.41. The number of methoxy groups -OCH3 is 1. The minimum absolute atomic E-state index is 0.0533. The Balaban J connectivity index is 1.86. The maximum Gasteiger partial charge on any atom is 0.257 e. The molecule has 31 heavy (non-hydrogen) atoms. The summed E-state index contributed by atoms with van der Waals surface area (Å²) < 4.78 is 28.0. The summed E-state index contributed by atoms with van der Waals surface area (Å²) in [6.45, 7) is 1.72. The Morgan fingerprint density at radius 1 is 1.13 bits per heavy atom. The molecule has 164 valence electrons. The highest BCUT2D eigenvalue weighted by Gasteiger charge is 2.44. The molecule has 1 saturated heterocycles. The molecule has 1 aliphatic rings. The summed E-state index contributed by atoms with van der Waals surface area (Å²) in [5, 5.41) is 5.11. The normalized spacial score (nSPS) is 16.5. The van der Waals surface area contributed by atoms with E-state index in [4.69, 9.17) is 9.88 Å². The van der Waals surface area contributed by atoms with Gasteiger partial charge in [0.1, 0.15) is 11.8 Å². The summed E-state index contributed by atoms with van der Waals surface area (Å²) in [5.74, 6) is -0.597. The van der Waals surface area contributed by atoms with E-state index in [9.17, 15) is 22.8 Å². The lowest BCUT2D eigenvalue weighted by Crippen LogP contribution is -2.44. The summed E-state index contributed by atoms with van der Waals surface area (Å²) in [6.07, 6.45) is 0.0155. The van der Waals surface area contributed by atoms with Gasteiger partial charge in [-0.2, -0.15) is 0 Å². The molecule has 2 aromatic rings. The van der Waals surface area contributed by atoms with Gasteiger partial charge in [-0.3, -0.25) is 14.4 Å². The van der Waals surface area contributed by atoms with Gasteiger partial charge in [0.15, 0.2) is 0 Å². The number of imide groups is 1. The Morgan fingerprint density at radius 3 is 2.26 bits per heavy atom. The Labute approximate surface area is 180 Å². The predicted molar refractivity (Wildman–Crippen MR) is 113 cm³/mol. The van der Waals surface area contributed by atoms with Gasteiger partial charge in [0.25, 0.3) is 5.91 Å². The van der Waals surface area contributed by atoms with Crippen molar-refractivity contribution < 1.29 is 27.5 Å². The standard InChI is InChI=1S/C21H23N3O6S/c1-3-19(25)23(13-14-4-10-17(11-5-14)31(22,28)29)18-12-20(26)24(21(18)27)15-6-8-16(30-2)9-7-15/h4-11,18H,3,12-13H2,1-2H3,(H2,22,28,29)/t18-/m0/s1. The van der Waals surface area contributed by atoms with Crippen LogP contribution in [0.4, 0.5) is 5.69 Å². The molecular formula is C21H23N3O6S. The number of nitrogens with zero attached hydrogens (tertiary/aromatic N) is 2. The quantitative estimate of drug-likeness (QED) is 0.642. The van der Waals surface area contributed by atoms with Crippen LogP contribution in [0.15, 0.2) is 53.4 Å². The van der Waals surface area contributed by atoms with Crippen LogP contribution in [-0.2, 0) is 31.0 Å². The van der Waals surface area contributed by atoms with Crippen molar-refractivity contribution in [1.29, 1.82) is 0 Å². The van der Waals surface area contributed by atoms with Crippen LogP contribution in [0.5, 0.6) is 5.75 Å². The number of benzene rings is 2. The fraction of sp³-hybridized carbons (Fsp3) is 0.286. The molecule has 0 bridgehead atoms. The molecule has 3 amide bonds. The zero-order chi connectivity index (χ0) is 22.8. The Morgan fingerprint density at radius 2 is 1.74 bits per heavy atom. The fourth-order valence-electron chi connectivity index (χ4n) is 3.42. The second-order valence-corrected chi connectivity index (χ2v) is 8.61. The van der Waals surface area contributed by atoms with Crippen LogP contribution >= 0.6 is 0 Å². The molecule has 0 unspecified atom stereocenters. The minimum Gasteiger partial charge on any atom is -0.497 e. The number of nitrogens with two attached hydrogens (primary N) is 1. The lowest BCUT2D eigenvalue weighted by Gasteiger charge is -2.27. The highest BCUT2D eigenvalue weighted by molar-refractivity contribution is 7.89. The van der Waals surface area contributed by atoms with Crippen LogP contribution in [0.25, 0.3) is 0 Å². The number of anilines is 1. The van der Waals surface area contributed by atoms with Crippen molar-refractivity contribution in [3.8, 4) is 5.75 Å². The molecule has 1 heterocycles. The maximum atomic E-state index is 13.1. The van der Waals surface area contributed by atoms with E-state index < -0.39 is 27.9 Å². The van der Waals surface area contributed by atoms with E-state index in [1.807, 2.05) is 0 Å². The third-order valence-corrected chi connectivity index (χ3v) is 5.99. The van der Waals surface area contributed by atoms with Crippen molar-refractivity contribution in [3.63, 3.8) is 0 Å². The zero-order valence-corrected chi connectivity index (χ0v) is 18.0. The molecule has 9 nitrogen and oxygen atoms in total. The van der Waals surface area contributed by atoms with E-state index in [-0.39, 0.29) is 30.2 Å². The first-order chi connectivity index (χ1) is 14.7. The van der Waals surface area contributed by atoms with Gasteiger partial charge >= 0.3 is 0 Å². The van der Waals surface area contributed by atoms with Crippen molar-refractivity contribution in [2.24, 2.45) is 5.14 Å². The van der Waals surface area contributed by atoms with Crippen molar-refractivity contribution in [1.82, 2.24) is 4.90 Å². The number of hydrogen-bond donors (Lipinski definition) is 1. The molecule has 1 atom stereocenters. The molecule has 0 radical (unpaired) electrons. The first-order valence-corrected chi connectivity index (χ1v) is 11.1. The van der Waals surface area contributed by atoms with Gasteiger partial charge in [-0.15, -0.1) is 0 Å². The third kappa shape index (κ3) is 4.75. The van der Waals surface area contributed by atoms with Crippen LogP contribution in [-0.4, -0.2) is 44.2 Å². The molecule has 1 aliphatic heterocycles. The summed E-state index contributed by atoms with van der Waals surface area (Å²) in [5.41, 5.74) is 1.01. The van der Waals surface area contributed by atoms with Crippen LogP contribution in [0.1, 0.15) is 25.3 Å². The van der Waals surface area contributed by atoms with Gasteiger partial charge in [0.05, 0.1) is 24.1 Å². The number of carbonyl (C=O) groups excluding carboxylic acids is 3. The number of rotatable bonds is 7. The molecule has 2 N–H and O–H groups in total. The SMILES string of the molecule is CCC(=O)N(Cc1ccc(S(N)(=O)=O)cc1)[C@H]1CC(=O)N(c2ccc(OC)cc2)C1=O. The summed E-state index contributed by atoms with van der Waals surface area (Å²) in [6, 6.07) is 11.3. The minimum atomic E-state index is -3.84. The van der Waals surface area contributed by atoms with E-state index in [1.54, 1.807) is 31.2 Å². The van der Waals surface area contributed by atoms with Gasteiger partial charge in [0.2, 0.25) is 21.8 Å². The number of ether oxygens (including phenoxy) is 1. The summed E-state index contributed by atoms with van der Waals surface area (Å²) >= 11 is 0. The fourth-order valence-corrected chi connectivity index (χ4v) is 3.93. The first-order valence-electron chi connectivity index (χ1n) is 9.57. The number of hydrogen-bond acceptors (Lipinski definition) is 6. The highest BCUT2D eigenvalue weighted by atomic mass is 32.2. The van der Waals surface area contributed by atoms with Crippen molar-refractivity contribution >= 4 is 33.4 Å². The largest absolute Gasteiger partial charge is 0.497 e. The summed E-state index contributed by atoms with van der Waals surface area (Å²) in [4.78, 5) is 40.7. The van der Waals surface area contributed by atoms with Gasteiger partial charge in [-0.25, -0.2) is 18.5 Å². The molecule has 0 aliphatic carbocycles. The molecule has 0 saturated carbocycles. The number of primary sulfonamides is 1. The second-order valence-electron chi connectivity index (χ2n) is 7.05. The maximum absolute atomic E-state index is 13.1. The monoisotopic (exact) mass is 445 g/mol. The average Bonchev–Trinajstić information content (AvgIpc) is 3.05. The van der Waals surface area contributed by atoms with Crippen LogP contribution in [0, 0.1) is 0 Å². The van der Waals surface area contributed by atoms with E-state index in [1.165, 1.54) is 36.3 Å². The topological polar surface area (TPSA) is 127 Å². The lowest BCUT2D eigenvalue weighted by atomic mass is 10.1. The highest BCUT2D eigenvalue weighted by Crippen LogP contribution is 2.28. The van der Waals surface area contributed by atoms with Crippen LogP contribution in [0.2, 0.25) is 0 Å². The Bertz CT molecular complexity index is 1100. The molecule has 2 aromatic carbocycles. The molecule has 1 fully saturated rings. The van der Waals surface area contributed by atoms with Crippen molar-refractivity contribution in [3.05, 3.63) is 54.1 Å². The molecular weight excluding hydrogens is 422 g/mol. The Hall–Kier alpha value is -3.24. The van der Waals surface area contributed by atoms with Crippen LogP contribution < -0.4 is 14.8 Å². The van der Waals surface area contributed by atoms with Gasteiger partial charge < -0.3 is 9.64 Å².